The molecule has 196 valence electrons. The van der Waals surface area contributed by atoms with E-state index in [1.165, 1.54) is 41.0 Å². The minimum absolute atomic E-state index is 0.0458. The fraction of sp³-hybridized carbons (Fsp3) is 0.625. The molecule has 3 N–H and O–H groups in total. The Morgan fingerprint density at radius 2 is 1.89 bits per heavy atom. The van der Waals surface area contributed by atoms with Gasteiger partial charge in [-0.25, -0.2) is 0 Å². The van der Waals surface area contributed by atoms with Crippen molar-refractivity contribution in [3.63, 3.8) is 0 Å². The van der Waals surface area contributed by atoms with Crippen LogP contribution in [-0.2, 0) is 5.41 Å². The molecule has 1 heterocycles. The Morgan fingerprint density at radius 1 is 1.11 bits per heavy atom. The standard InChI is InChI=1S/C32H44O3S/c1-20(7-13-29(35)32(16-17-32)30-14-8-21(2)36-30)26-11-12-27-23(6-5-15-31(26,27)4)9-10-24-18-25(33)19-28(34)22(24)3/h7-10,13-14,20,25-29,33-35H,3,5-6,11-12,15-19H2,1-2,4H3/b13-7+,23-9+,24-10-/t20-,25-,26-,27+,28+,29-,31-/m1/s1. The average molecular weight is 509 g/mol. The third-order valence-corrected chi connectivity index (χ3v) is 11.3. The van der Waals surface area contributed by atoms with E-state index in [4.69, 9.17) is 0 Å². The quantitative estimate of drug-likeness (QED) is 0.371. The average Bonchev–Trinajstić information content (AvgIpc) is 3.41. The lowest BCUT2D eigenvalue weighted by molar-refractivity contribution is 0.0862. The molecule has 4 saturated carbocycles. The van der Waals surface area contributed by atoms with Crippen molar-refractivity contribution in [1.29, 1.82) is 0 Å². The number of hydrogen-bond donors (Lipinski definition) is 3. The molecule has 0 bridgehead atoms. The Balaban J connectivity index is 1.29. The highest BCUT2D eigenvalue weighted by molar-refractivity contribution is 7.12. The van der Waals surface area contributed by atoms with Crippen LogP contribution in [0.5, 0.6) is 0 Å². The predicted molar refractivity (Wildman–Crippen MR) is 149 cm³/mol. The smallest absolute Gasteiger partial charge is 0.0825 e. The number of fused-ring (bicyclic) bond motifs is 1. The lowest BCUT2D eigenvalue weighted by Gasteiger charge is -2.44. The molecule has 4 aliphatic carbocycles. The Bertz CT molecular complexity index is 1070. The second-order valence-corrected chi connectivity index (χ2v) is 13.7. The molecule has 0 radical (unpaired) electrons. The Hall–Kier alpha value is -1.46. The van der Waals surface area contributed by atoms with Crippen LogP contribution in [0.25, 0.3) is 0 Å². The lowest BCUT2D eigenvalue weighted by Crippen LogP contribution is -2.35. The Kier molecular flexibility index (Phi) is 7.28. The van der Waals surface area contributed by atoms with Gasteiger partial charge in [-0.1, -0.05) is 50.3 Å². The Morgan fingerprint density at radius 3 is 2.58 bits per heavy atom. The monoisotopic (exact) mass is 508 g/mol. The van der Waals surface area contributed by atoms with Crippen molar-refractivity contribution in [3.05, 3.63) is 69.5 Å². The molecular weight excluding hydrogens is 464 g/mol. The highest BCUT2D eigenvalue weighted by Gasteiger charge is 2.52. The van der Waals surface area contributed by atoms with Gasteiger partial charge < -0.3 is 15.3 Å². The van der Waals surface area contributed by atoms with E-state index in [9.17, 15) is 15.3 Å². The van der Waals surface area contributed by atoms with Crippen molar-refractivity contribution < 1.29 is 15.3 Å². The second-order valence-electron chi connectivity index (χ2n) is 12.4. The molecule has 0 aromatic carbocycles. The summed E-state index contributed by atoms with van der Waals surface area (Å²) in [5.41, 5.74) is 3.53. The summed E-state index contributed by atoms with van der Waals surface area (Å²) in [7, 11) is 0. The molecule has 0 unspecified atom stereocenters. The van der Waals surface area contributed by atoms with Crippen LogP contribution in [0.4, 0.5) is 0 Å². The zero-order valence-electron chi connectivity index (χ0n) is 22.2. The molecule has 0 spiro atoms. The first-order valence-corrected chi connectivity index (χ1v) is 14.8. The summed E-state index contributed by atoms with van der Waals surface area (Å²) in [6.45, 7) is 11.1. The molecular formula is C32H44O3S. The molecule has 4 heteroatoms. The normalized spacial score (nSPS) is 38.0. The van der Waals surface area contributed by atoms with Gasteiger partial charge in [0.05, 0.1) is 18.3 Å². The van der Waals surface area contributed by atoms with Crippen molar-refractivity contribution in [2.75, 3.05) is 0 Å². The lowest BCUT2D eigenvalue weighted by atomic mass is 9.61. The maximum Gasteiger partial charge on any atom is 0.0825 e. The third-order valence-electron chi connectivity index (χ3n) is 10.1. The SMILES string of the molecule is C=C1/C(=C\C=C2/CCC[C@]3(C)[C@@H]([C@H](C)/C=C/[C@@H](O)C4(c5ccc(C)s5)CC4)CC[C@@H]23)C[C@@H](O)C[C@@H]1O. The number of thiophene rings is 1. The van der Waals surface area contributed by atoms with Gasteiger partial charge >= 0.3 is 0 Å². The van der Waals surface area contributed by atoms with Gasteiger partial charge in [0.25, 0.3) is 0 Å². The Labute approximate surface area is 221 Å². The van der Waals surface area contributed by atoms with Gasteiger partial charge in [-0.2, -0.15) is 0 Å². The van der Waals surface area contributed by atoms with E-state index in [0.29, 0.717) is 30.6 Å². The third kappa shape index (κ3) is 4.75. The van der Waals surface area contributed by atoms with Gasteiger partial charge in [0, 0.05) is 21.6 Å². The molecule has 5 rings (SSSR count). The minimum Gasteiger partial charge on any atom is -0.393 e. The summed E-state index contributed by atoms with van der Waals surface area (Å²) in [6, 6.07) is 4.39. The zero-order valence-corrected chi connectivity index (χ0v) is 23.1. The maximum absolute atomic E-state index is 11.1. The van der Waals surface area contributed by atoms with Crippen LogP contribution < -0.4 is 0 Å². The molecule has 4 aliphatic rings. The first-order chi connectivity index (χ1) is 17.1. The van der Waals surface area contributed by atoms with Gasteiger partial charge in [-0.3, -0.25) is 0 Å². The maximum atomic E-state index is 11.1. The fourth-order valence-electron chi connectivity index (χ4n) is 7.73. The molecule has 0 amide bonds. The van der Waals surface area contributed by atoms with E-state index in [1.54, 1.807) is 0 Å². The number of hydrogen-bond acceptors (Lipinski definition) is 4. The van der Waals surface area contributed by atoms with Gasteiger partial charge in [-0.05, 0) is 105 Å². The predicted octanol–water partition coefficient (Wildman–Crippen LogP) is 6.78. The van der Waals surface area contributed by atoms with Crippen molar-refractivity contribution in [2.24, 2.45) is 23.2 Å². The molecule has 7 atom stereocenters. The van der Waals surface area contributed by atoms with E-state index in [1.807, 2.05) is 11.3 Å². The second kappa shape index (κ2) is 10.0. The number of aryl methyl sites for hydroxylation is 1. The van der Waals surface area contributed by atoms with Crippen molar-refractivity contribution >= 4 is 11.3 Å². The van der Waals surface area contributed by atoms with E-state index in [-0.39, 0.29) is 10.8 Å². The van der Waals surface area contributed by atoms with E-state index >= 15 is 0 Å². The first-order valence-electron chi connectivity index (χ1n) is 14.0. The summed E-state index contributed by atoms with van der Waals surface area (Å²) < 4.78 is 0. The number of aliphatic hydroxyl groups excluding tert-OH is 3. The van der Waals surface area contributed by atoms with Gasteiger partial charge in [-0.15, -0.1) is 11.3 Å². The summed E-state index contributed by atoms with van der Waals surface area (Å²) in [5.74, 6) is 1.65. The number of aliphatic hydroxyl groups is 3. The molecule has 36 heavy (non-hydrogen) atoms. The van der Waals surface area contributed by atoms with Crippen molar-refractivity contribution in [3.8, 4) is 0 Å². The van der Waals surface area contributed by atoms with Crippen LogP contribution in [0.1, 0.15) is 81.4 Å². The van der Waals surface area contributed by atoms with Crippen LogP contribution >= 0.6 is 11.3 Å². The van der Waals surface area contributed by atoms with Crippen molar-refractivity contribution in [2.45, 2.75) is 102 Å². The zero-order chi connectivity index (χ0) is 25.7. The largest absolute Gasteiger partial charge is 0.393 e. The molecule has 1 aromatic rings. The van der Waals surface area contributed by atoms with E-state index in [0.717, 1.165) is 30.4 Å². The molecule has 0 aliphatic heterocycles. The summed E-state index contributed by atoms with van der Waals surface area (Å²) in [5, 5.41) is 31.5. The molecule has 3 nitrogen and oxygen atoms in total. The molecule has 4 fully saturated rings. The number of rotatable bonds is 6. The topological polar surface area (TPSA) is 60.7 Å². The highest BCUT2D eigenvalue weighted by atomic mass is 32.1. The highest BCUT2D eigenvalue weighted by Crippen LogP contribution is 2.60. The summed E-state index contributed by atoms with van der Waals surface area (Å²) in [6.07, 6.45) is 16.6. The van der Waals surface area contributed by atoms with Crippen LogP contribution in [-0.4, -0.2) is 33.6 Å². The van der Waals surface area contributed by atoms with Crippen LogP contribution in [0.15, 0.2) is 59.7 Å². The van der Waals surface area contributed by atoms with Gasteiger partial charge in [0.2, 0.25) is 0 Å². The minimum atomic E-state index is -0.632. The van der Waals surface area contributed by atoms with Crippen molar-refractivity contribution in [1.82, 2.24) is 0 Å². The summed E-state index contributed by atoms with van der Waals surface area (Å²) in [4.78, 5) is 2.66. The van der Waals surface area contributed by atoms with E-state index < -0.39 is 18.3 Å². The van der Waals surface area contributed by atoms with Gasteiger partial charge in [0.1, 0.15) is 0 Å². The van der Waals surface area contributed by atoms with E-state index in [2.05, 4.69) is 63.8 Å². The van der Waals surface area contributed by atoms with Crippen LogP contribution in [0.2, 0.25) is 0 Å². The fourth-order valence-corrected chi connectivity index (χ4v) is 8.88. The molecule has 1 aromatic heterocycles. The number of allylic oxidation sites excluding steroid dienone is 4. The summed E-state index contributed by atoms with van der Waals surface area (Å²) >= 11 is 1.84. The van der Waals surface area contributed by atoms with Gasteiger partial charge in [0.15, 0.2) is 0 Å². The molecule has 0 saturated heterocycles. The van der Waals surface area contributed by atoms with Crippen LogP contribution in [0, 0.1) is 30.1 Å². The first kappa shape index (κ1) is 26.2. The van der Waals surface area contributed by atoms with Crippen LogP contribution in [0.3, 0.4) is 0 Å².